The summed E-state index contributed by atoms with van der Waals surface area (Å²) in [4.78, 5) is 25.2. The first-order valence-electron chi connectivity index (χ1n) is 11.8. The first-order chi connectivity index (χ1) is 13.2. The Morgan fingerprint density at radius 2 is 1.71 bits per heavy atom. The van der Waals surface area contributed by atoms with Crippen LogP contribution in [0.25, 0.3) is 0 Å². The Hall–Kier alpha value is -1.06. The van der Waals surface area contributed by atoms with E-state index in [1.165, 1.54) is 32.1 Å². The van der Waals surface area contributed by atoms with Gasteiger partial charge in [0.25, 0.3) is 0 Å². The lowest BCUT2D eigenvalue weighted by Crippen LogP contribution is -2.61. The first-order valence-corrected chi connectivity index (χ1v) is 11.8. The molecule has 3 aliphatic carbocycles. The van der Waals surface area contributed by atoms with Crippen LogP contribution in [-0.2, 0) is 9.59 Å². The molecule has 5 rings (SSSR count). The first kappa shape index (κ1) is 18.9. The van der Waals surface area contributed by atoms with E-state index in [2.05, 4.69) is 38.3 Å². The smallest absolute Gasteiger partial charge is 0.224 e. The van der Waals surface area contributed by atoms with Crippen molar-refractivity contribution in [2.75, 3.05) is 0 Å². The summed E-state index contributed by atoms with van der Waals surface area (Å²) < 4.78 is 0. The molecule has 2 heterocycles. The third kappa shape index (κ3) is 2.48. The fourth-order valence-electron chi connectivity index (χ4n) is 8.72. The Morgan fingerprint density at radius 1 is 0.929 bits per heavy atom. The summed E-state index contributed by atoms with van der Waals surface area (Å²) in [6.45, 7) is 9.39. The van der Waals surface area contributed by atoms with Gasteiger partial charge in [-0.3, -0.25) is 9.59 Å². The number of nitrogens with one attached hydrogen (secondary N) is 2. The van der Waals surface area contributed by atoms with E-state index >= 15 is 0 Å². The zero-order chi connectivity index (χ0) is 19.8. The molecule has 4 heteroatoms. The topological polar surface area (TPSA) is 58.2 Å². The van der Waals surface area contributed by atoms with Crippen LogP contribution in [0.4, 0.5) is 0 Å². The molecular weight excluding hydrogens is 348 g/mol. The van der Waals surface area contributed by atoms with Gasteiger partial charge in [-0.2, -0.15) is 0 Å². The Balaban J connectivity index is 1.43. The summed E-state index contributed by atoms with van der Waals surface area (Å²) in [6, 6.07) is 0.728. The third-order valence-corrected chi connectivity index (χ3v) is 10.2. The standard InChI is InChI=1S/C24H38N2O2/c1-13(2)18-12-14-11-17-15-5-6-19-23(3,10-8-20(27)26-19)16(15)7-9-24(17,4)21(14)22(28)25-18/h13-19,21H,5-12H2,1-4H3,(H,25,28)(H,26,27)/t14?,15-,16+,17+,18?,19-,21?,23-,24+/m1/s1. The van der Waals surface area contributed by atoms with Crippen molar-refractivity contribution in [2.24, 2.45) is 46.3 Å². The number of rotatable bonds is 1. The van der Waals surface area contributed by atoms with E-state index in [0.29, 0.717) is 48.1 Å². The van der Waals surface area contributed by atoms with Gasteiger partial charge in [-0.05, 0) is 85.4 Å². The van der Waals surface area contributed by atoms with Crippen LogP contribution < -0.4 is 10.6 Å². The molecule has 0 aromatic heterocycles. The van der Waals surface area contributed by atoms with Gasteiger partial charge in [-0.15, -0.1) is 0 Å². The van der Waals surface area contributed by atoms with Gasteiger partial charge in [0.2, 0.25) is 11.8 Å². The van der Waals surface area contributed by atoms with E-state index in [4.69, 9.17) is 0 Å². The maximum atomic E-state index is 13.2. The third-order valence-electron chi connectivity index (χ3n) is 10.2. The summed E-state index contributed by atoms with van der Waals surface area (Å²) in [5.41, 5.74) is 0.438. The number of piperidine rings is 2. The molecule has 3 saturated carbocycles. The summed E-state index contributed by atoms with van der Waals surface area (Å²) in [6.07, 6.45) is 8.98. The Kier molecular flexibility index (Phi) is 4.21. The Labute approximate surface area is 170 Å². The normalized spacial score (nSPS) is 52.8. The molecule has 2 aliphatic heterocycles. The van der Waals surface area contributed by atoms with Crippen LogP contribution in [0, 0.1) is 46.3 Å². The van der Waals surface area contributed by atoms with Gasteiger partial charge in [0.15, 0.2) is 0 Å². The van der Waals surface area contributed by atoms with E-state index < -0.39 is 0 Å². The van der Waals surface area contributed by atoms with Crippen LogP contribution in [0.3, 0.4) is 0 Å². The predicted molar refractivity (Wildman–Crippen MR) is 109 cm³/mol. The fraction of sp³-hybridized carbons (Fsp3) is 0.917. The van der Waals surface area contributed by atoms with Crippen LogP contribution in [0.1, 0.15) is 79.1 Å². The van der Waals surface area contributed by atoms with Crippen LogP contribution in [0.15, 0.2) is 0 Å². The molecule has 2 saturated heterocycles. The lowest BCUT2D eigenvalue weighted by atomic mass is 9.47. The molecule has 9 atom stereocenters. The van der Waals surface area contributed by atoms with Crippen molar-refractivity contribution in [3.8, 4) is 0 Å². The molecule has 4 nitrogen and oxygen atoms in total. The highest BCUT2D eigenvalue weighted by Crippen LogP contribution is 2.67. The summed E-state index contributed by atoms with van der Waals surface area (Å²) in [5.74, 6) is 4.08. The lowest BCUT2D eigenvalue weighted by molar-refractivity contribution is -0.144. The molecule has 0 spiro atoms. The fourth-order valence-corrected chi connectivity index (χ4v) is 8.72. The maximum Gasteiger partial charge on any atom is 0.224 e. The van der Waals surface area contributed by atoms with Gasteiger partial charge in [0.1, 0.15) is 0 Å². The second kappa shape index (κ2) is 6.22. The van der Waals surface area contributed by atoms with Crippen molar-refractivity contribution in [3.05, 3.63) is 0 Å². The zero-order valence-corrected chi connectivity index (χ0v) is 18.1. The Morgan fingerprint density at radius 3 is 2.46 bits per heavy atom. The molecule has 2 amide bonds. The summed E-state index contributed by atoms with van der Waals surface area (Å²) in [7, 11) is 0. The molecule has 156 valence electrons. The van der Waals surface area contributed by atoms with Gasteiger partial charge in [0.05, 0.1) is 0 Å². The van der Waals surface area contributed by atoms with Crippen LogP contribution in [0.2, 0.25) is 0 Å². The van der Waals surface area contributed by atoms with Crippen molar-refractivity contribution in [3.63, 3.8) is 0 Å². The van der Waals surface area contributed by atoms with E-state index in [1.54, 1.807) is 0 Å². The molecule has 0 radical (unpaired) electrons. The van der Waals surface area contributed by atoms with Gasteiger partial charge in [-0.25, -0.2) is 0 Å². The minimum Gasteiger partial charge on any atom is -0.353 e. The van der Waals surface area contributed by atoms with Crippen molar-refractivity contribution in [1.82, 2.24) is 10.6 Å². The molecule has 3 unspecified atom stereocenters. The molecule has 5 fully saturated rings. The number of carbonyl (C=O) groups is 2. The predicted octanol–water partition coefficient (Wildman–Crippen LogP) is 3.89. The number of amides is 2. The molecule has 0 aromatic carbocycles. The highest BCUT2D eigenvalue weighted by atomic mass is 16.2. The Bertz CT molecular complexity index is 690. The van der Waals surface area contributed by atoms with Crippen LogP contribution in [-0.4, -0.2) is 23.9 Å². The van der Waals surface area contributed by atoms with E-state index in [1.807, 2.05) is 0 Å². The summed E-state index contributed by atoms with van der Waals surface area (Å²) >= 11 is 0. The number of hydrogen-bond donors (Lipinski definition) is 2. The average Bonchev–Trinajstić information content (AvgIpc) is 2.95. The molecule has 0 aromatic rings. The van der Waals surface area contributed by atoms with Crippen LogP contribution >= 0.6 is 0 Å². The van der Waals surface area contributed by atoms with Crippen LogP contribution in [0.5, 0.6) is 0 Å². The highest BCUT2D eigenvalue weighted by Gasteiger charge is 2.64. The molecule has 28 heavy (non-hydrogen) atoms. The van der Waals surface area contributed by atoms with Gasteiger partial charge in [-0.1, -0.05) is 27.7 Å². The summed E-state index contributed by atoms with van der Waals surface area (Å²) in [5, 5.41) is 6.72. The van der Waals surface area contributed by atoms with Crippen molar-refractivity contribution < 1.29 is 9.59 Å². The van der Waals surface area contributed by atoms with Gasteiger partial charge >= 0.3 is 0 Å². The monoisotopic (exact) mass is 386 g/mol. The van der Waals surface area contributed by atoms with E-state index in [9.17, 15) is 9.59 Å². The van der Waals surface area contributed by atoms with Gasteiger partial charge < -0.3 is 10.6 Å². The highest BCUT2D eigenvalue weighted by molar-refractivity contribution is 5.81. The molecular formula is C24H38N2O2. The minimum absolute atomic E-state index is 0.180. The lowest BCUT2D eigenvalue weighted by Gasteiger charge is -2.60. The van der Waals surface area contributed by atoms with Crippen molar-refractivity contribution in [1.29, 1.82) is 0 Å². The molecule has 5 aliphatic rings. The van der Waals surface area contributed by atoms with E-state index in [-0.39, 0.29) is 22.7 Å². The quantitative estimate of drug-likeness (QED) is 0.718. The number of carbonyl (C=O) groups excluding carboxylic acids is 2. The zero-order valence-electron chi connectivity index (χ0n) is 18.1. The second-order valence-electron chi connectivity index (χ2n) is 11.7. The largest absolute Gasteiger partial charge is 0.353 e. The SMILES string of the molecule is CC(C)C1CC2C[C@H]3[C@@H]4CC[C@H]5NC(=O)CC[C@]5(C)[C@H]4CC[C@]3(C)C2C(=O)N1. The van der Waals surface area contributed by atoms with Crippen molar-refractivity contribution >= 4 is 11.8 Å². The van der Waals surface area contributed by atoms with Gasteiger partial charge in [0, 0.05) is 24.4 Å². The molecule has 2 N–H and O–H groups in total. The van der Waals surface area contributed by atoms with Crippen molar-refractivity contribution in [2.45, 2.75) is 91.1 Å². The molecule has 0 bridgehead atoms. The maximum absolute atomic E-state index is 13.2. The number of hydrogen-bond acceptors (Lipinski definition) is 2. The minimum atomic E-state index is 0.180. The number of fused-ring (bicyclic) bond motifs is 7. The second-order valence-corrected chi connectivity index (χ2v) is 11.7. The average molecular weight is 387 g/mol. The van der Waals surface area contributed by atoms with E-state index in [0.717, 1.165) is 18.8 Å².